The fourth-order valence-corrected chi connectivity index (χ4v) is 4.45. The van der Waals surface area contributed by atoms with Gasteiger partial charge in [0.05, 0.1) is 0 Å². The molecule has 3 nitrogen and oxygen atoms in total. The molecule has 1 aliphatic rings. The summed E-state index contributed by atoms with van der Waals surface area (Å²) in [5.74, 6) is 0. The predicted molar refractivity (Wildman–Crippen MR) is 110 cm³/mol. The van der Waals surface area contributed by atoms with Crippen molar-refractivity contribution >= 4 is 21.5 Å². The van der Waals surface area contributed by atoms with Crippen LogP contribution < -0.4 is 5.32 Å². The number of fused-ring (bicyclic) bond motifs is 3. The Hall–Kier alpha value is -1.94. The summed E-state index contributed by atoms with van der Waals surface area (Å²) in [6.45, 7) is 8.56. The van der Waals surface area contributed by atoms with Crippen molar-refractivity contribution in [1.29, 1.82) is 0 Å². The fraction of sp³-hybridized carbons (Fsp3) is 0.391. The Kier molecular flexibility index (Phi) is 4.70. The van der Waals surface area contributed by atoms with Gasteiger partial charge in [0.1, 0.15) is 0 Å². The molecule has 26 heavy (non-hydrogen) atoms. The molecule has 0 saturated carbocycles. The summed E-state index contributed by atoms with van der Waals surface area (Å²) in [5.41, 5.74) is 1.11. The van der Waals surface area contributed by atoms with Gasteiger partial charge in [-0.05, 0) is 33.2 Å². The minimum absolute atomic E-state index is 0.169. The van der Waals surface area contributed by atoms with E-state index in [2.05, 4.69) is 78.7 Å². The van der Waals surface area contributed by atoms with E-state index < -0.39 is 0 Å². The first kappa shape index (κ1) is 17.5. The van der Waals surface area contributed by atoms with Crippen LogP contribution in [0, 0.1) is 5.41 Å². The van der Waals surface area contributed by atoms with Crippen LogP contribution in [0.1, 0.15) is 25.5 Å². The third kappa shape index (κ3) is 3.01. The lowest BCUT2D eigenvalue weighted by atomic mass is 9.77. The molecule has 0 unspecified atom stereocenters. The van der Waals surface area contributed by atoms with Gasteiger partial charge in [-0.1, -0.05) is 62.4 Å². The minimum atomic E-state index is -0.220. The first-order valence-electron chi connectivity index (χ1n) is 9.58. The van der Waals surface area contributed by atoms with E-state index >= 15 is 0 Å². The first-order chi connectivity index (χ1) is 12.6. The van der Waals surface area contributed by atoms with Crippen molar-refractivity contribution in [3.05, 3.63) is 60.2 Å². The van der Waals surface area contributed by atoms with Gasteiger partial charge in [-0.3, -0.25) is 4.90 Å². The number of rotatable bonds is 4. The lowest BCUT2D eigenvalue weighted by Crippen LogP contribution is -2.49. The van der Waals surface area contributed by atoms with E-state index in [1.807, 2.05) is 0 Å². The molecule has 0 aromatic heterocycles. The molecule has 0 aliphatic carbocycles. The Morgan fingerprint density at radius 3 is 2.27 bits per heavy atom. The first-order valence-corrected chi connectivity index (χ1v) is 9.58. The van der Waals surface area contributed by atoms with Crippen molar-refractivity contribution in [2.75, 3.05) is 32.8 Å². The van der Waals surface area contributed by atoms with Crippen LogP contribution in [0.5, 0.6) is 0 Å². The molecule has 1 atom stereocenters. The molecule has 0 radical (unpaired) electrons. The summed E-state index contributed by atoms with van der Waals surface area (Å²) in [4.78, 5) is 2.54. The standard InChI is InChI=1S/C23H28N2O/c1-23(2,16-26)22(25-13-11-24-12-14-25)21-15-17-7-3-4-8-18(17)19-9-5-6-10-20(19)21/h3-10,15,22,24,26H,11-14,16H2,1-2H3/t22-/m1/s1. The number of aliphatic hydroxyl groups excluding tert-OH is 1. The van der Waals surface area contributed by atoms with Gasteiger partial charge in [0, 0.05) is 44.2 Å². The molecule has 0 amide bonds. The van der Waals surface area contributed by atoms with E-state index in [1.54, 1.807) is 0 Å². The van der Waals surface area contributed by atoms with E-state index in [4.69, 9.17) is 0 Å². The molecule has 0 bridgehead atoms. The molecular weight excluding hydrogens is 320 g/mol. The van der Waals surface area contributed by atoms with Crippen LogP contribution >= 0.6 is 0 Å². The molecule has 3 heteroatoms. The summed E-state index contributed by atoms with van der Waals surface area (Å²) in [6.07, 6.45) is 0. The molecule has 4 rings (SSSR count). The average Bonchev–Trinajstić information content (AvgIpc) is 2.69. The highest BCUT2D eigenvalue weighted by molar-refractivity contribution is 6.09. The summed E-state index contributed by atoms with van der Waals surface area (Å²) < 4.78 is 0. The van der Waals surface area contributed by atoms with Gasteiger partial charge in [0.25, 0.3) is 0 Å². The van der Waals surface area contributed by atoms with Crippen LogP contribution in [0.4, 0.5) is 0 Å². The van der Waals surface area contributed by atoms with Crippen LogP contribution in [0.2, 0.25) is 0 Å². The molecular formula is C23H28N2O. The molecule has 1 saturated heterocycles. The Morgan fingerprint density at radius 2 is 1.58 bits per heavy atom. The maximum Gasteiger partial charge on any atom is 0.0500 e. The van der Waals surface area contributed by atoms with E-state index in [0.717, 1.165) is 26.2 Å². The van der Waals surface area contributed by atoms with Gasteiger partial charge in [-0.15, -0.1) is 0 Å². The average molecular weight is 348 g/mol. The molecule has 0 spiro atoms. The van der Waals surface area contributed by atoms with Crippen LogP contribution in [-0.2, 0) is 0 Å². The van der Waals surface area contributed by atoms with Crippen LogP contribution in [0.3, 0.4) is 0 Å². The Morgan fingerprint density at radius 1 is 0.962 bits per heavy atom. The molecule has 136 valence electrons. The highest BCUT2D eigenvalue weighted by Crippen LogP contribution is 2.43. The zero-order valence-corrected chi connectivity index (χ0v) is 15.7. The van der Waals surface area contributed by atoms with E-state index in [9.17, 15) is 5.11 Å². The number of hydrogen-bond acceptors (Lipinski definition) is 3. The van der Waals surface area contributed by atoms with E-state index in [0.29, 0.717) is 0 Å². The fourth-order valence-electron chi connectivity index (χ4n) is 4.45. The monoisotopic (exact) mass is 348 g/mol. The van der Waals surface area contributed by atoms with Gasteiger partial charge >= 0.3 is 0 Å². The van der Waals surface area contributed by atoms with E-state index in [-0.39, 0.29) is 18.1 Å². The summed E-state index contributed by atoms with van der Waals surface area (Å²) >= 11 is 0. The zero-order chi connectivity index (χ0) is 18.1. The lowest BCUT2D eigenvalue weighted by Gasteiger charge is -2.44. The summed E-state index contributed by atoms with van der Waals surface area (Å²) in [5, 5.41) is 18.8. The van der Waals surface area contributed by atoms with Gasteiger partial charge in [-0.2, -0.15) is 0 Å². The predicted octanol–water partition coefficient (Wildman–Crippen LogP) is 3.96. The van der Waals surface area contributed by atoms with Crippen molar-refractivity contribution in [3.8, 4) is 0 Å². The maximum absolute atomic E-state index is 10.2. The lowest BCUT2D eigenvalue weighted by molar-refractivity contribution is 0.0313. The number of nitrogens with zero attached hydrogens (tertiary/aromatic N) is 1. The van der Waals surface area contributed by atoms with Crippen molar-refractivity contribution in [2.45, 2.75) is 19.9 Å². The van der Waals surface area contributed by atoms with Crippen LogP contribution in [0.25, 0.3) is 21.5 Å². The quantitative estimate of drug-likeness (QED) is 0.701. The molecule has 3 aromatic rings. The highest BCUT2D eigenvalue weighted by atomic mass is 16.3. The largest absolute Gasteiger partial charge is 0.396 e. The Labute approximate surface area is 155 Å². The molecule has 1 heterocycles. The molecule has 1 fully saturated rings. The second kappa shape index (κ2) is 6.99. The number of piperazine rings is 1. The normalized spacial score (nSPS) is 17.7. The summed E-state index contributed by atoms with van der Waals surface area (Å²) in [7, 11) is 0. The minimum Gasteiger partial charge on any atom is -0.396 e. The van der Waals surface area contributed by atoms with Crippen molar-refractivity contribution in [2.24, 2.45) is 5.41 Å². The zero-order valence-electron chi connectivity index (χ0n) is 15.7. The number of benzene rings is 3. The maximum atomic E-state index is 10.2. The van der Waals surface area contributed by atoms with Crippen molar-refractivity contribution < 1.29 is 5.11 Å². The summed E-state index contributed by atoms with van der Waals surface area (Å²) in [6, 6.07) is 19.9. The van der Waals surface area contributed by atoms with Gasteiger partial charge < -0.3 is 10.4 Å². The topological polar surface area (TPSA) is 35.5 Å². The smallest absolute Gasteiger partial charge is 0.0500 e. The highest BCUT2D eigenvalue weighted by Gasteiger charge is 2.36. The molecule has 3 aromatic carbocycles. The van der Waals surface area contributed by atoms with E-state index in [1.165, 1.54) is 27.1 Å². The number of aliphatic hydroxyl groups is 1. The van der Waals surface area contributed by atoms with Gasteiger partial charge in [0.15, 0.2) is 0 Å². The van der Waals surface area contributed by atoms with Crippen LogP contribution in [-0.4, -0.2) is 42.8 Å². The third-order valence-electron chi connectivity index (χ3n) is 5.76. The number of nitrogens with one attached hydrogen (secondary N) is 1. The number of hydrogen-bond donors (Lipinski definition) is 2. The molecule has 2 N–H and O–H groups in total. The second-order valence-electron chi connectivity index (χ2n) is 8.07. The Bertz CT molecular complexity index is 912. The van der Waals surface area contributed by atoms with Crippen molar-refractivity contribution in [3.63, 3.8) is 0 Å². The Balaban J connectivity index is 1.98. The second-order valence-corrected chi connectivity index (χ2v) is 8.07. The van der Waals surface area contributed by atoms with Crippen molar-refractivity contribution in [1.82, 2.24) is 10.2 Å². The van der Waals surface area contributed by atoms with Gasteiger partial charge in [0.2, 0.25) is 0 Å². The third-order valence-corrected chi connectivity index (χ3v) is 5.76. The molecule has 1 aliphatic heterocycles. The van der Waals surface area contributed by atoms with Crippen LogP contribution in [0.15, 0.2) is 54.6 Å². The SMILES string of the molecule is CC(C)(CO)[C@@H](c1cc2ccccc2c2ccccc12)N1CCNCC1. The van der Waals surface area contributed by atoms with Gasteiger partial charge in [-0.25, -0.2) is 0 Å².